The molecule has 1 saturated heterocycles. The van der Waals surface area contributed by atoms with Gasteiger partial charge in [-0.2, -0.15) is 18.2 Å². The van der Waals surface area contributed by atoms with E-state index in [9.17, 15) is 18.0 Å². The predicted octanol–water partition coefficient (Wildman–Crippen LogP) is 5.03. The van der Waals surface area contributed by atoms with Crippen LogP contribution in [0, 0.1) is 6.92 Å². The molecule has 1 N–H and O–H groups in total. The Morgan fingerprint density at radius 3 is 2.58 bits per heavy atom. The van der Waals surface area contributed by atoms with Crippen LogP contribution in [-0.4, -0.2) is 43.2 Å². The quantitative estimate of drug-likeness (QED) is 0.534. The second-order valence-corrected chi connectivity index (χ2v) is 8.70. The maximum Gasteiger partial charge on any atom is 0.416 e. The van der Waals surface area contributed by atoms with Crippen molar-refractivity contribution in [2.45, 2.75) is 32.5 Å². The van der Waals surface area contributed by atoms with Gasteiger partial charge in [0.2, 0.25) is 5.88 Å². The number of amides is 1. The number of hydrogen-bond acceptors (Lipinski definition) is 7. The van der Waals surface area contributed by atoms with Crippen LogP contribution in [0.25, 0.3) is 10.2 Å². The molecule has 2 aromatic heterocycles. The number of carbonyl (C=O) groups is 1. The van der Waals surface area contributed by atoms with Crippen LogP contribution in [0.3, 0.4) is 0 Å². The Morgan fingerprint density at radius 1 is 1.21 bits per heavy atom. The Labute approximate surface area is 192 Å². The van der Waals surface area contributed by atoms with Crippen molar-refractivity contribution in [3.8, 4) is 5.88 Å². The lowest BCUT2D eigenvalue weighted by molar-refractivity contribution is -0.137. The second kappa shape index (κ2) is 9.14. The van der Waals surface area contributed by atoms with Gasteiger partial charge < -0.3 is 19.7 Å². The molecule has 11 heteroatoms. The first kappa shape index (κ1) is 23.2. The van der Waals surface area contributed by atoms with Gasteiger partial charge in [-0.15, -0.1) is 11.3 Å². The van der Waals surface area contributed by atoms with Gasteiger partial charge in [0.05, 0.1) is 34.3 Å². The highest BCUT2D eigenvalue weighted by molar-refractivity contribution is 7.20. The lowest BCUT2D eigenvalue weighted by atomic mass is 10.1. The van der Waals surface area contributed by atoms with E-state index in [0.29, 0.717) is 38.0 Å². The number of fused-ring (bicyclic) bond motifs is 1. The molecule has 3 heterocycles. The topological polar surface area (TPSA) is 76.6 Å². The highest BCUT2D eigenvalue weighted by Crippen LogP contribution is 2.39. The number of hydrogen-bond donors (Lipinski definition) is 1. The summed E-state index contributed by atoms with van der Waals surface area (Å²) in [5, 5.41) is 3.31. The molecular formula is C22H23F3N4O3S. The van der Waals surface area contributed by atoms with Crippen molar-refractivity contribution in [3.05, 3.63) is 40.0 Å². The van der Waals surface area contributed by atoms with Gasteiger partial charge in [0.1, 0.15) is 11.4 Å². The molecule has 0 spiro atoms. The van der Waals surface area contributed by atoms with Crippen molar-refractivity contribution in [1.29, 1.82) is 0 Å². The maximum absolute atomic E-state index is 13.4. The zero-order valence-corrected chi connectivity index (χ0v) is 19.2. The lowest BCUT2D eigenvalue weighted by Crippen LogP contribution is -2.22. The van der Waals surface area contributed by atoms with Gasteiger partial charge in [-0.3, -0.25) is 4.79 Å². The smallest absolute Gasteiger partial charge is 0.416 e. The molecule has 7 nitrogen and oxygen atoms in total. The summed E-state index contributed by atoms with van der Waals surface area (Å²) >= 11 is 1.13. The number of ether oxygens (including phenoxy) is 2. The minimum Gasteiger partial charge on any atom is -0.480 e. The fraction of sp³-hybridized carbons (Fsp3) is 0.409. The second-order valence-electron chi connectivity index (χ2n) is 7.70. The van der Waals surface area contributed by atoms with Gasteiger partial charge >= 0.3 is 6.18 Å². The summed E-state index contributed by atoms with van der Waals surface area (Å²) < 4.78 is 50.6. The van der Waals surface area contributed by atoms with Crippen molar-refractivity contribution in [1.82, 2.24) is 9.97 Å². The molecule has 1 aliphatic rings. The number of aryl methyl sites for hydroxylation is 1. The SMILES string of the molecule is COCc1nc(OC)c2c(C)c(C(=O)Nc3cc(C(F)(F)F)ccc3N3CCCC3)sc2n1. The van der Waals surface area contributed by atoms with E-state index in [2.05, 4.69) is 15.3 Å². The monoisotopic (exact) mass is 480 g/mol. The summed E-state index contributed by atoms with van der Waals surface area (Å²) in [7, 11) is 2.99. The molecule has 0 saturated carbocycles. The fourth-order valence-corrected chi connectivity index (χ4v) is 5.01. The number of rotatable bonds is 6. The van der Waals surface area contributed by atoms with Gasteiger partial charge in [0, 0.05) is 20.2 Å². The zero-order valence-electron chi connectivity index (χ0n) is 18.4. The number of benzene rings is 1. The molecule has 0 bridgehead atoms. The van der Waals surface area contributed by atoms with E-state index in [1.54, 1.807) is 6.92 Å². The van der Waals surface area contributed by atoms with Crippen LogP contribution in [0.4, 0.5) is 24.5 Å². The fourth-order valence-electron chi connectivity index (χ4n) is 3.93. The molecule has 3 aromatic rings. The van der Waals surface area contributed by atoms with Crippen LogP contribution >= 0.6 is 11.3 Å². The number of thiophene rings is 1. The van der Waals surface area contributed by atoms with Gasteiger partial charge in [-0.05, 0) is 43.5 Å². The summed E-state index contributed by atoms with van der Waals surface area (Å²) in [5.41, 5.74) is 0.493. The van der Waals surface area contributed by atoms with Crippen molar-refractivity contribution >= 4 is 38.8 Å². The molecule has 1 aromatic carbocycles. The van der Waals surface area contributed by atoms with Crippen molar-refractivity contribution < 1.29 is 27.4 Å². The largest absolute Gasteiger partial charge is 0.480 e. The average molecular weight is 481 g/mol. The van der Waals surface area contributed by atoms with Crippen molar-refractivity contribution in [2.24, 2.45) is 0 Å². The standard InChI is InChI=1S/C22H23F3N4O3S/c1-12-17-20(32-3)27-16(11-31-2)28-21(17)33-18(12)19(30)26-14-10-13(22(23,24)25)6-7-15(14)29-8-4-5-9-29/h6-7,10H,4-5,8-9,11H2,1-3H3,(H,26,30). The Balaban J connectivity index is 1.74. The molecule has 0 aliphatic carbocycles. The third kappa shape index (κ3) is 4.60. The average Bonchev–Trinajstić information content (AvgIpc) is 3.41. The minimum atomic E-state index is -4.52. The lowest BCUT2D eigenvalue weighted by Gasteiger charge is -2.23. The van der Waals surface area contributed by atoms with Crippen molar-refractivity contribution in [2.75, 3.05) is 37.5 Å². The van der Waals surface area contributed by atoms with Gasteiger partial charge in [0.15, 0.2) is 5.82 Å². The molecular weight excluding hydrogens is 457 g/mol. The summed E-state index contributed by atoms with van der Waals surface area (Å²) in [5.74, 6) is 0.214. The third-order valence-electron chi connectivity index (χ3n) is 5.50. The van der Waals surface area contributed by atoms with Crippen LogP contribution in [0.15, 0.2) is 18.2 Å². The molecule has 4 rings (SSSR count). The van der Waals surface area contributed by atoms with Crippen LogP contribution < -0.4 is 15.0 Å². The predicted molar refractivity (Wildman–Crippen MR) is 120 cm³/mol. The van der Waals surface area contributed by atoms with Crippen LogP contribution in [0.2, 0.25) is 0 Å². The Morgan fingerprint density at radius 2 is 1.94 bits per heavy atom. The molecule has 1 aliphatic heterocycles. The van der Waals surface area contributed by atoms with E-state index in [1.807, 2.05) is 4.90 Å². The zero-order chi connectivity index (χ0) is 23.8. The molecule has 0 unspecified atom stereocenters. The summed E-state index contributed by atoms with van der Waals surface area (Å²) in [6.45, 7) is 3.37. The molecule has 0 radical (unpaired) electrons. The van der Waals surface area contributed by atoms with E-state index >= 15 is 0 Å². The van der Waals surface area contributed by atoms with E-state index in [0.717, 1.165) is 49.4 Å². The number of aromatic nitrogens is 2. The van der Waals surface area contributed by atoms with Crippen LogP contribution in [0.5, 0.6) is 5.88 Å². The molecule has 1 amide bonds. The number of nitrogens with one attached hydrogen (secondary N) is 1. The first-order valence-electron chi connectivity index (χ1n) is 10.3. The molecule has 33 heavy (non-hydrogen) atoms. The first-order chi connectivity index (χ1) is 15.7. The van der Waals surface area contributed by atoms with Gasteiger partial charge in [-0.1, -0.05) is 0 Å². The Hall–Kier alpha value is -2.92. The summed E-state index contributed by atoms with van der Waals surface area (Å²) in [6, 6.07) is 3.46. The van der Waals surface area contributed by atoms with Gasteiger partial charge in [0.25, 0.3) is 5.91 Å². The summed E-state index contributed by atoms with van der Waals surface area (Å²) in [4.78, 5) is 24.8. The number of nitrogens with zero attached hydrogens (tertiary/aromatic N) is 3. The van der Waals surface area contributed by atoms with E-state index in [-0.39, 0.29) is 12.3 Å². The molecule has 1 fully saturated rings. The Kier molecular flexibility index (Phi) is 6.44. The minimum absolute atomic E-state index is 0.131. The highest BCUT2D eigenvalue weighted by atomic mass is 32.1. The molecule has 176 valence electrons. The number of carbonyl (C=O) groups excluding carboxylic acids is 1. The van der Waals surface area contributed by atoms with E-state index in [1.165, 1.54) is 20.3 Å². The van der Waals surface area contributed by atoms with Crippen LogP contribution in [0.1, 0.15) is 39.5 Å². The highest BCUT2D eigenvalue weighted by Gasteiger charge is 2.32. The van der Waals surface area contributed by atoms with E-state index in [4.69, 9.17) is 9.47 Å². The summed E-state index contributed by atoms with van der Waals surface area (Å²) in [6.07, 6.45) is -2.62. The molecule has 0 atom stereocenters. The van der Waals surface area contributed by atoms with Gasteiger partial charge in [-0.25, -0.2) is 4.98 Å². The first-order valence-corrected chi connectivity index (χ1v) is 11.1. The number of methoxy groups -OCH3 is 2. The third-order valence-corrected chi connectivity index (χ3v) is 6.68. The number of alkyl halides is 3. The van der Waals surface area contributed by atoms with Crippen molar-refractivity contribution in [3.63, 3.8) is 0 Å². The van der Waals surface area contributed by atoms with E-state index < -0.39 is 17.6 Å². The normalized spacial score (nSPS) is 14.2. The Bertz CT molecular complexity index is 1190. The number of anilines is 2. The van der Waals surface area contributed by atoms with Crippen LogP contribution in [-0.2, 0) is 17.5 Å². The maximum atomic E-state index is 13.4. The number of halogens is 3.